The number of nitrogens with zero attached hydrogens (tertiary/aromatic N) is 1. The summed E-state index contributed by atoms with van der Waals surface area (Å²) >= 11 is 12.4. The minimum atomic E-state index is -0.604. The molecule has 3 aromatic rings. The van der Waals surface area contributed by atoms with Gasteiger partial charge in [0.2, 0.25) is 5.76 Å². The van der Waals surface area contributed by atoms with Gasteiger partial charge in [-0.05, 0) is 49.6 Å². The number of hydrogen-bond donors (Lipinski definition) is 0. The van der Waals surface area contributed by atoms with E-state index in [1.807, 2.05) is 13.0 Å². The Labute approximate surface area is 183 Å². The minimum Gasteiger partial charge on any atom is -0.450 e. The molecule has 0 spiro atoms. The standard InChI is InChI=1S/C23H19Cl2NO4/c1-12-4-7-18-15(9-12)21(27)19-20(13-5-6-16(24)17(25)10-13)26(23(28)22(19)30-18)11-14-3-2-8-29-14/h4-7,9-10,14,20H,2-3,8,11H2,1H3/t14-,20+/m1/s1. The van der Waals surface area contributed by atoms with Crippen LogP contribution in [0.2, 0.25) is 10.0 Å². The summed E-state index contributed by atoms with van der Waals surface area (Å²) in [6.07, 6.45) is 1.76. The van der Waals surface area contributed by atoms with E-state index in [0.29, 0.717) is 45.3 Å². The third-order valence-corrected chi connectivity index (χ3v) is 6.54. The number of amides is 1. The fourth-order valence-corrected chi connectivity index (χ4v) is 4.67. The Balaban J connectivity index is 1.72. The molecule has 2 aliphatic rings. The van der Waals surface area contributed by atoms with Crippen LogP contribution in [0.3, 0.4) is 0 Å². The van der Waals surface area contributed by atoms with Gasteiger partial charge in [0.15, 0.2) is 5.43 Å². The second-order valence-electron chi connectivity index (χ2n) is 7.84. The average molecular weight is 444 g/mol. The Morgan fingerprint density at radius 2 is 1.93 bits per heavy atom. The van der Waals surface area contributed by atoms with E-state index in [4.69, 9.17) is 32.4 Å². The molecule has 0 unspecified atom stereocenters. The Hall–Kier alpha value is -2.34. The molecule has 0 radical (unpaired) electrons. The highest BCUT2D eigenvalue weighted by molar-refractivity contribution is 6.42. The molecule has 1 fully saturated rings. The van der Waals surface area contributed by atoms with Gasteiger partial charge in [-0.1, -0.05) is 40.9 Å². The number of ether oxygens (including phenoxy) is 1. The predicted molar refractivity (Wildman–Crippen MR) is 116 cm³/mol. The summed E-state index contributed by atoms with van der Waals surface area (Å²) in [7, 11) is 0. The first-order chi connectivity index (χ1) is 14.4. The maximum atomic E-state index is 13.5. The van der Waals surface area contributed by atoms with Gasteiger partial charge in [-0.3, -0.25) is 9.59 Å². The van der Waals surface area contributed by atoms with Crippen LogP contribution in [-0.2, 0) is 4.74 Å². The minimum absolute atomic E-state index is 0.0692. The van der Waals surface area contributed by atoms with Crippen LogP contribution >= 0.6 is 23.2 Å². The van der Waals surface area contributed by atoms with E-state index < -0.39 is 6.04 Å². The van der Waals surface area contributed by atoms with Crippen molar-refractivity contribution < 1.29 is 13.9 Å². The molecule has 7 heteroatoms. The zero-order valence-corrected chi connectivity index (χ0v) is 17.8. The van der Waals surface area contributed by atoms with Crippen LogP contribution in [0.25, 0.3) is 11.0 Å². The first kappa shape index (κ1) is 19.6. The molecule has 154 valence electrons. The molecule has 0 aliphatic carbocycles. The molecule has 2 aliphatic heterocycles. The van der Waals surface area contributed by atoms with Gasteiger partial charge in [0.25, 0.3) is 5.91 Å². The smallest absolute Gasteiger partial charge is 0.291 e. The van der Waals surface area contributed by atoms with Crippen LogP contribution < -0.4 is 5.43 Å². The normalized spacial score (nSPS) is 20.9. The summed E-state index contributed by atoms with van der Waals surface area (Å²) < 4.78 is 11.7. The summed E-state index contributed by atoms with van der Waals surface area (Å²) in [5.41, 5.74) is 2.21. The van der Waals surface area contributed by atoms with Crippen molar-refractivity contribution in [1.82, 2.24) is 4.90 Å². The van der Waals surface area contributed by atoms with E-state index in [0.717, 1.165) is 18.4 Å². The third kappa shape index (κ3) is 3.13. The molecule has 5 nitrogen and oxygen atoms in total. The summed E-state index contributed by atoms with van der Waals surface area (Å²) in [6, 6.07) is 9.96. The quantitative estimate of drug-likeness (QED) is 0.562. The molecule has 2 atom stereocenters. The van der Waals surface area contributed by atoms with Crippen LogP contribution in [0, 0.1) is 6.92 Å². The van der Waals surface area contributed by atoms with Crippen molar-refractivity contribution >= 4 is 40.1 Å². The second-order valence-corrected chi connectivity index (χ2v) is 8.66. The van der Waals surface area contributed by atoms with Crippen molar-refractivity contribution in [3.8, 4) is 0 Å². The maximum Gasteiger partial charge on any atom is 0.291 e. The van der Waals surface area contributed by atoms with Crippen molar-refractivity contribution in [3.05, 3.63) is 79.1 Å². The van der Waals surface area contributed by atoms with Gasteiger partial charge >= 0.3 is 0 Å². The lowest BCUT2D eigenvalue weighted by Gasteiger charge is -2.27. The van der Waals surface area contributed by atoms with E-state index in [1.54, 1.807) is 35.2 Å². The Morgan fingerprint density at radius 3 is 2.67 bits per heavy atom. The number of fused-ring (bicyclic) bond motifs is 2. The molecule has 0 bridgehead atoms. The van der Waals surface area contributed by atoms with Gasteiger partial charge in [-0.25, -0.2) is 0 Å². The van der Waals surface area contributed by atoms with Crippen molar-refractivity contribution in [2.24, 2.45) is 0 Å². The Kier molecular flexibility index (Phi) is 4.85. The highest BCUT2D eigenvalue weighted by atomic mass is 35.5. The Morgan fingerprint density at radius 1 is 1.10 bits per heavy atom. The molecule has 1 saturated heterocycles. The molecule has 0 N–H and O–H groups in total. The molecular formula is C23H19Cl2NO4. The van der Waals surface area contributed by atoms with E-state index in [9.17, 15) is 9.59 Å². The highest BCUT2D eigenvalue weighted by Gasteiger charge is 2.44. The fourth-order valence-electron chi connectivity index (χ4n) is 4.36. The van der Waals surface area contributed by atoms with Gasteiger partial charge in [-0.2, -0.15) is 0 Å². The monoisotopic (exact) mass is 443 g/mol. The van der Waals surface area contributed by atoms with Gasteiger partial charge < -0.3 is 14.1 Å². The lowest BCUT2D eigenvalue weighted by Crippen LogP contribution is -2.36. The molecule has 0 saturated carbocycles. The average Bonchev–Trinajstić information content (AvgIpc) is 3.33. The zero-order chi connectivity index (χ0) is 21.0. The van der Waals surface area contributed by atoms with Gasteiger partial charge in [0.05, 0.1) is 33.1 Å². The van der Waals surface area contributed by atoms with Gasteiger partial charge in [0, 0.05) is 13.2 Å². The lowest BCUT2D eigenvalue weighted by molar-refractivity contribution is 0.0486. The summed E-state index contributed by atoms with van der Waals surface area (Å²) in [6.45, 7) is 2.97. The number of halogens is 2. The molecule has 3 heterocycles. The largest absolute Gasteiger partial charge is 0.450 e. The van der Waals surface area contributed by atoms with Gasteiger partial charge in [-0.15, -0.1) is 0 Å². The molecule has 2 aromatic carbocycles. The SMILES string of the molecule is Cc1ccc2oc3c(c(=O)c2c1)[C@H](c1ccc(Cl)c(Cl)c1)N(C[C@H]1CCCO1)C3=O. The van der Waals surface area contributed by atoms with Crippen LogP contribution in [0.4, 0.5) is 0 Å². The van der Waals surface area contributed by atoms with Crippen molar-refractivity contribution in [2.75, 3.05) is 13.2 Å². The topological polar surface area (TPSA) is 59.8 Å². The molecule has 5 rings (SSSR count). The first-order valence-electron chi connectivity index (χ1n) is 9.89. The molecular weight excluding hydrogens is 425 g/mol. The summed E-state index contributed by atoms with van der Waals surface area (Å²) in [4.78, 5) is 28.5. The highest BCUT2D eigenvalue weighted by Crippen LogP contribution is 2.40. The van der Waals surface area contributed by atoms with E-state index in [2.05, 4.69) is 0 Å². The molecule has 30 heavy (non-hydrogen) atoms. The van der Waals surface area contributed by atoms with E-state index in [-0.39, 0.29) is 23.2 Å². The number of carbonyl (C=O) groups excluding carboxylic acids is 1. The number of aryl methyl sites for hydroxylation is 1. The van der Waals surface area contributed by atoms with E-state index in [1.165, 1.54) is 0 Å². The maximum absolute atomic E-state index is 13.5. The van der Waals surface area contributed by atoms with Crippen LogP contribution in [0.15, 0.2) is 45.6 Å². The van der Waals surface area contributed by atoms with E-state index >= 15 is 0 Å². The number of carbonyl (C=O) groups is 1. The van der Waals surface area contributed by atoms with Crippen molar-refractivity contribution in [3.63, 3.8) is 0 Å². The van der Waals surface area contributed by atoms with Crippen LogP contribution in [-0.4, -0.2) is 30.1 Å². The van der Waals surface area contributed by atoms with Gasteiger partial charge in [0.1, 0.15) is 5.58 Å². The number of benzene rings is 2. The first-order valence-corrected chi connectivity index (χ1v) is 10.6. The lowest BCUT2D eigenvalue weighted by atomic mass is 9.98. The summed E-state index contributed by atoms with van der Waals surface area (Å²) in [5, 5.41) is 1.25. The van der Waals surface area contributed by atoms with Crippen molar-refractivity contribution in [1.29, 1.82) is 0 Å². The number of hydrogen-bond acceptors (Lipinski definition) is 4. The van der Waals surface area contributed by atoms with Crippen molar-refractivity contribution in [2.45, 2.75) is 31.9 Å². The Bertz CT molecular complexity index is 1230. The molecule has 1 aromatic heterocycles. The predicted octanol–water partition coefficient (Wildman–Crippen LogP) is 5.13. The number of rotatable bonds is 3. The third-order valence-electron chi connectivity index (χ3n) is 5.80. The van der Waals surface area contributed by atoms with Crippen LogP contribution in [0.1, 0.15) is 46.1 Å². The van der Waals surface area contributed by atoms with Crippen LogP contribution in [0.5, 0.6) is 0 Å². The molecule has 1 amide bonds. The second kappa shape index (κ2) is 7.41. The fraction of sp³-hybridized carbons (Fsp3) is 0.304. The zero-order valence-electron chi connectivity index (χ0n) is 16.3. The summed E-state index contributed by atoms with van der Waals surface area (Å²) in [5.74, 6) is -0.221.